The second-order valence-corrected chi connectivity index (χ2v) is 5.40. The van der Waals surface area contributed by atoms with Crippen LogP contribution >= 0.6 is 27.3 Å². The topological polar surface area (TPSA) is 66.4 Å². The summed E-state index contributed by atoms with van der Waals surface area (Å²) < 4.78 is 0.816. The van der Waals surface area contributed by atoms with E-state index in [9.17, 15) is 9.59 Å². The standard InChI is InChI=1S/C10H12BrNO3S/c1-3-10(2,9(14)15)12-8(13)7-4-6(11)5-16-7/h4-5H,3H2,1-2H3,(H,12,13)(H,14,15). The minimum absolute atomic E-state index is 0.334. The Bertz CT molecular complexity index is 418. The molecule has 16 heavy (non-hydrogen) atoms. The molecule has 1 unspecified atom stereocenters. The lowest BCUT2D eigenvalue weighted by atomic mass is 9.99. The third-order valence-corrected chi connectivity index (χ3v) is 4.05. The van der Waals surface area contributed by atoms with Crippen LogP contribution in [0.5, 0.6) is 0 Å². The van der Waals surface area contributed by atoms with Gasteiger partial charge in [0.1, 0.15) is 5.54 Å². The second-order valence-electron chi connectivity index (χ2n) is 3.57. The third kappa shape index (κ3) is 2.82. The van der Waals surface area contributed by atoms with Gasteiger partial charge in [0.25, 0.3) is 5.91 Å². The fourth-order valence-electron chi connectivity index (χ4n) is 1.04. The van der Waals surface area contributed by atoms with Gasteiger partial charge in [-0.25, -0.2) is 4.79 Å². The van der Waals surface area contributed by atoms with Crippen molar-refractivity contribution in [3.8, 4) is 0 Å². The first kappa shape index (κ1) is 13.2. The number of amides is 1. The molecule has 0 saturated heterocycles. The van der Waals surface area contributed by atoms with E-state index in [0.29, 0.717) is 11.3 Å². The predicted octanol–water partition coefficient (Wildman–Crippen LogP) is 2.49. The van der Waals surface area contributed by atoms with Gasteiger partial charge in [-0.2, -0.15) is 0 Å². The highest BCUT2D eigenvalue weighted by Crippen LogP contribution is 2.20. The lowest BCUT2D eigenvalue weighted by Gasteiger charge is -2.24. The van der Waals surface area contributed by atoms with Crippen LogP contribution in [0.25, 0.3) is 0 Å². The van der Waals surface area contributed by atoms with Gasteiger partial charge in [0.15, 0.2) is 0 Å². The lowest BCUT2D eigenvalue weighted by molar-refractivity contribution is -0.143. The molecule has 1 aromatic heterocycles. The Morgan fingerprint density at radius 1 is 1.62 bits per heavy atom. The summed E-state index contributed by atoms with van der Waals surface area (Å²) in [4.78, 5) is 23.2. The average molecular weight is 306 g/mol. The van der Waals surface area contributed by atoms with Gasteiger partial charge in [-0.1, -0.05) is 6.92 Å². The fraction of sp³-hybridized carbons (Fsp3) is 0.400. The first-order chi connectivity index (χ1) is 7.39. The van der Waals surface area contributed by atoms with Crippen molar-refractivity contribution in [3.05, 3.63) is 20.8 Å². The van der Waals surface area contributed by atoms with Crippen molar-refractivity contribution in [2.24, 2.45) is 0 Å². The molecule has 6 heteroatoms. The number of carboxylic acids is 1. The number of hydrogen-bond donors (Lipinski definition) is 2. The van der Waals surface area contributed by atoms with E-state index in [4.69, 9.17) is 5.11 Å². The molecular formula is C10H12BrNO3S. The molecule has 2 N–H and O–H groups in total. The van der Waals surface area contributed by atoms with Gasteiger partial charge < -0.3 is 10.4 Å². The monoisotopic (exact) mass is 305 g/mol. The van der Waals surface area contributed by atoms with Gasteiger partial charge in [0, 0.05) is 9.85 Å². The summed E-state index contributed by atoms with van der Waals surface area (Å²) in [5, 5.41) is 13.3. The predicted molar refractivity (Wildman–Crippen MR) is 65.8 cm³/mol. The zero-order valence-electron chi connectivity index (χ0n) is 8.91. The van der Waals surface area contributed by atoms with E-state index in [2.05, 4.69) is 21.2 Å². The molecule has 0 aliphatic rings. The Kier molecular flexibility index (Phi) is 4.09. The van der Waals surface area contributed by atoms with Crippen LogP contribution in [-0.4, -0.2) is 22.5 Å². The van der Waals surface area contributed by atoms with Crippen LogP contribution in [0.3, 0.4) is 0 Å². The molecule has 0 spiro atoms. The summed E-state index contributed by atoms with van der Waals surface area (Å²) in [6.45, 7) is 3.22. The maximum absolute atomic E-state index is 11.8. The molecule has 0 fully saturated rings. The number of carboxylic acid groups (broad SMARTS) is 1. The molecule has 1 atom stereocenters. The first-order valence-electron chi connectivity index (χ1n) is 4.69. The summed E-state index contributed by atoms with van der Waals surface area (Å²) >= 11 is 4.51. The molecule has 0 aromatic carbocycles. The van der Waals surface area contributed by atoms with Crippen molar-refractivity contribution < 1.29 is 14.7 Å². The second kappa shape index (κ2) is 4.97. The number of thiophene rings is 1. The van der Waals surface area contributed by atoms with Gasteiger partial charge in [-0.15, -0.1) is 11.3 Å². The summed E-state index contributed by atoms with van der Waals surface area (Å²) in [7, 11) is 0. The molecule has 0 saturated carbocycles. The van der Waals surface area contributed by atoms with E-state index in [0.717, 1.165) is 4.47 Å². The lowest BCUT2D eigenvalue weighted by Crippen LogP contribution is -2.51. The van der Waals surface area contributed by atoms with Crippen molar-refractivity contribution in [3.63, 3.8) is 0 Å². The van der Waals surface area contributed by atoms with Crippen molar-refractivity contribution in [1.29, 1.82) is 0 Å². The number of rotatable bonds is 4. The van der Waals surface area contributed by atoms with Gasteiger partial charge >= 0.3 is 5.97 Å². The number of aliphatic carboxylic acids is 1. The molecule has 1 rings (SSSR count). The van der Waals surface area contributed by atoms with Crippen molar-refractivity contribution in [2.45, 2.75) is 25.8 Å². The Balaban J connectivity index is 2.81. The molecule has 0 aliphatic heterocycles. The summed E-state index contributed by atoms with van der Waals surface area (Å²) in [6.07, 6.45) is 0.334. The van der Waals surface area contributed by atoms with Crippen molar-refractivity contribution >= 4 is 39.1 Å². The molecule has 4 nitrogen and oxygen atoms in total. The largest absolute Gasteiger partial charge is 0.480 e. The van der Waals surface area contributed by atoms with E-state index < -0.39 is 11.5 Å². The highest BCUT2D eigenvalue weighted by atomic mass is 79.9. The van der Waals surface area contributed by atoms with Crippen LogP contribution in [0.2, 0.25) is 0 Å². The Morgan fingerprint density at radius 2 is 2.25 bits per heavy atom. The normalized spacial score (nSPS) is 14.2. The van der Waals surface area contributed by atoms with Crippen LogP contribution in [0, 0.1) is 0 Å². The minimum Gasteiger partial charge on any atom is -0.480 e. The zero-order chi connectivity index (χ0) is 12.3. The molecule has 1 heterocycles. The third-order valence-electron chi connectivity index (χ3n) is 2.36. The van der Waals surface area contributed by atoms with E-state index in [-0.39, 0.29) is 5.91 Å². The summed E-state index contributed by atoms with van der Waals surface area (Å²) in [5.41, 5.74) is -1.21. The number of carbonyl (C=O) groups is 2. The van der Waals surface area contributed by atoms with E-state index >= 15 is 0 Å². The van der Waals surface area contributed by atoms with Gasteiger partial charge in [0.05, 0.1) is 4.88 Å². The van der Waals surface area contributed by atoms with Crippen LogP contribution in [0.4, 0.5) is 0 Å². The van der Waals surface area contributed by atoms with E-state index in [1.165, 1.54) is 18.3 Å². The highest BCUT2D eigenvalue weighted by Gasteiger charge is 2.33. The van der Waals surface area contributed by atoms with Crippen molar-refractivity contribution in [2.75, 3.05) is 0 Å². The van der Waals surface area contributed by atoms with Crippen LogP contribution in [0.15, 0.2) is 15.9 Å². The summed E-state index contributed by atoms with van der Waals surface area (Å²) in [6, 6.07) is 1.66. The molecule has 0 radical (unpaired) electrons. The smallest absolute Gasteiger partial charge is 0.329 e. The van der Waals surface area contributed by atoms with Crippen LogP contribution in [-0.2, 0) is 4.79 Å². The summed E-state index contributed by atoms with van der Waals surface area (Å²) in [5.74, 6) is -1.39. The SMILES string of the molecule is CCC(C)(NC(=O)c1cc(Br)cs1)C(=O)O. The molecule has 88 valence electrons. The number of nitrogens with one attached hydrogen (secondary N) is 1. The molecule has 0 bridgehead atoms. The van der Waals surface area contributed by atoms with E-state index in [1.54, 1.807) is 18.4 Å². The van der Waals surface area contributed by atoms with Gasteiger partial charge in [0.2, 0.25) is 0 Å². The maximum Gasteiger partial charge on any atom is 0.329 e. The Labute approximate surface area is 106 Å². The fourth-order valence-corrected chi connectivity index (χ4v) is 2.36. The highest BCUT2D eigenvalue weighted by molar-refractivity contribution is 9.10. The first-order valence-corrected chi connectivity index (χ1v) is 6.36. The van der Waals surface area contributed by atoms with Gasteiger partial charge in [-0.05, 0) is 35.3 Å². The molecule has 1 aromatic rings. The zero-order valence-corrected chi connectivity index (χ0v) is 11.3. The van der Waals surface area contributed by atoms with E-state index in [1.807, 2.05) is 0 Å². The quantitative estimate of drug-likeness (QED) is 0.898. The van der Waals surface area contributed by atoms with Crippen LogP contribution < -0.4 is 5.32 Å². The number of halogens is 1. The number of hydrogen-bond acceptors (Lipinski definition) is 3. The Morgan fingerprint density at radius 3 is 2.62 bits per heavy atom. The molecule has 1 amide bonds. The average Bonchev–Trinajstić information content (AvgIpc) is 2.64. The van der Waals surface area contributed by atoms with Crippen LogP contribution in [0.1, 0.15) is 29.9 Å². The van der Waals surface area contributed by atoms with Gasteiger partial charge in [-0.3, -0.25) is 4.79 Å². The maximum atomic E-state index is 11.8. The minimum atomic E-state index is -1.21. The molecule has 0 aliphatic carbocycles. The number of carbonyl (C=O) groups excluding carboxylic acids is 1. The van der Waals surface area contributed by atoms with Crippen molar-refractivity contribution in [1.82, 2.24) is 5.32 Å². The Hall–Kier alpha value is -0.880. The molecular weight excluding hydrogens is 294 g/mol.